The van der Waals surface area contributed by atoms with Gasteiger partial charge in [0.05, 0.1) is 0 Å². The molecule has 0 saturated carbocycles. The predicted molar refractivity (Wildman–Crippen MR) is 36.5 cm³/mol. The van der Waals surface area contributed by atoms with E-state index >= 15 is 0 Å². The average molecular weight is 116 g/mol. The van der Waals surface area contributed by atoms with Crippen LogP contribution >= 0.6 is 0 Å². The zero-order valence-electron chi connectivity index (χ0n) is 6.15. The smallest absolute Gasteiger partial charge is 0.0156 e. The third-order valence-electron chi connectivity index (χ3n) is 0.661. The number of hydrogen-bond acceptors (Lipinski definition) is 2. The highest BCUT2D eigenvalue weighted by molar-refractivity contribution is 4.50. The normalized spacial score (nSPS) is 11.2. The lowest BCUT2D eigenvalue weighted by atomic mass is 10.4. The second-order valence-electron chi connectivity index (χ2n) is 2.60. The van der Waals surface area contributed by atoms with Gasteiger partial charge in [0.2, 0.25) is 0 Å². The minimum Gasteiger partial charge on any atom is -0.255 e. The summed E-state index contributed by atoms with van der Waals surface area (Å²) in [6.07, 6.45) is 0. The van der Waals surface area contributed by atoms with Crippen molar-refractivity contribution in [1.29, 1.82) is 0 Å². The standard InChI is InChI=1S/C6H16N2/c1-5(2)7-8-6(3)4/h5-8H,1-4H3. The van der Waals surface area contributed by atoms with Crippen molar-refractivity contribution in [3.63, 3.8) is 0 Å². The zero-order chi connectivity index (χ0) is 6.57. The van der Waals surface area contributed by atoms with E-state index in [0.29, 0.717) is 12.1 Å². The van der Waals surface area contributed by atoms with Crippen LogP contribution in [0, 0.1) is 0 Å². The van der Waals surface area contributed by atoms with E-state index in [1.807, 2.05) is 0 Å². The highest BCUT2D eigenvalue weighted by atomic mass is 15.4. The quantitative estimate of drug-likeness (QED) is 0.535. The fourth-order valence-electron chi connectivity index (χ4n) is 0.333. The molecular formula is C6H16N2. The van der Waals surface area contributed by atoms with Crippen LogP contribution in [-0.2, 0) is 0 Å². The fourth-order valence-corrected chi connectivity index (χ4v) is 0.333. The van der Waals surface area contributed by atoms with Crippen LogP contribution in [0.5, 0.6) is 0 Å². The average Bonchev–Trinajstić information content (AvgIpc) is 1.61. The summed E-state index contributed by atoms with van der Waals surface area (Å²) in [7, 11) is 0. The summed E-state index contributed by atoms with van der Waals surface area (Å²) in [4.78, 5) is 0. The molecule has 8 heavy (non-hydrogen) atoms. The molecule has 50 valence electrons. The molecular weight excluding hydrogens is 100 g/mol. The van der Waals surface area contributed by atoms with E-state index in [4.69, 9.17) is 0 Å². The predicted octanol–water partition coefficient (Wildman–Crippen LogP) is 0.897. The van der Waals surface area contributed by atoms with Crippen LogP contribution in [0.1, 0.15) is 27.7 Å². The summed E-state index contributed by atoms with van der Waals surface area (Å²) in [5, 5.41) is 0. The van der Waals surface area contributed by atoms with Crippen LogP contribution in [0.25, 0.3) is 0 Å². The van der Waals surface area contributed by atoms with E-state index in [9.17, 15) is 0 Å². The molecule has 0 saturated heterocycles. The van der Waals surface area contributed by atoms with Gasteiger partial charge in [-0.2, -0.15) is 0 Å². The van der Waals surface area contributed by atoms with Crippen molar-refractivity contribution >= 4 is 0 Å². The van der Waals surface area contributed by atoms with Crippen LogP contribution in [0.2, 0.25) is 0 Å². The first-order chi connectivity index (χ1) is 3.63. The Balaban J connectivity index is 2.93. The second kappa shape index (κ2) is 3.87. The third-order valence-corrected chi connectivity index (χ3v) is 0.661. The van der Waals surface area contributed by atoms with Gasteiger partial charge < -0.3 is 0 Å². The molecule has 2 N–H and O–H groups in total. The molecule has 0 bridgehead atoms. The summed E-state index contributed by atoms with van der Waals surface area (Å²) >= 11 is 0. The fraction of sp³-hybridized carbons (Fsp3) is 1.00. The van der Waals surface area contributed by atoms with E-state index < -0.39 is 0 Å². The van der Waals surface area contributed by atoms with Gasteiger partial charge in [-0.3, -0.25) is 10.9 Å². The Hall–Kier alpha value is -0.0800. The minimum absolute atomic E-state index is 0.525. The lowest BCUT2D eigenvalue weighted by Crippen LogP contribution is -2.41. The zero-order valence-corrected chi connectivity index (χ0v) is 6.15. The maximum absolute atomic E-state index is 3.09. The van der Waals surface area contributed by atoms with E-state index in [2.05, 4.69) is 38.5 Å². The molecule has 2 heteroatoms. The summed E-state index contributed by atoms with van der Waals surface area (Å²) in [5.74, 6) is 0. The van der Waals surface area contributed by atoms with E-state index in [1.54, 1.807) is 0 Å². The molecule has 0 aliphatic rings. The van der Waals surface area contributed by atoms with Crippen molar-refractivity contribution < 1.29 is 0 Å². The lowest BCUT2D eigenvalue weighted by molar-refractivity contribution is 0.428. The molecule has 0 rings (SSSR count). The van der Waals surface area contributed by atoms with Crippen LogP contribution in [0.4, 0.5) is 0 Å². The molecule has 2 nitrogen and oxygen atoms in total. The molecule has 0 amide bonds. The molecule has 0 spiro atoms. The highest BCUT2D eigenvalue weighted by Crippen LogP contribution is 1.74. The first kappa shape index (κ1) is 7.92. The first-order valence-corrected chi connectivity index (χ1v) is 3.14. The Bertz CT molecular complexity index is 42.5. The maximum Gasteiger partial charge on any atom is 0.0156 e. The van der Waals surface area contributed by atoms with Crippen molar-refractivity contribution in [2.75, 3.05) is 0 Å². The molecule has 0 unspecified atom stereocenters. The third kappa shape index (κ3) is 5.92. The number of hydrazine groups is 1. The van der Waals surface area contributed by atoms with Gasteiger partial charge in [0.25, 0.3) is 0 Å². The summed E-state index contributed by atoms with van der Waals surface area (Å²) in [6.45, 7) is 8.43. The molecule has 0 heterocycles. The Kier molecular flexibility index (Phi) is 3.83. The number of hydrogen-bond donors (Lipinski definition) is 2. The van der Waals surface area contributed by atoms with Crippen molar-refractivity contribution in [2.24, 2.45) is 0 Å². The maximum atomic E-state index is 3.09. The van der Waals surface area contributed by atoms with Crippen molar-refractivity contribution in [2.45, 2.75) is 39.8 Å². The number of nitrogens with one attached hydrogen (secondary N) is 2. The second-order valence-corrected chi connectivity index (χ2v) is 2.60. The summed E-state index contributed by atoms with van der Waals surface area (Å²) in [6, 6.07) is 1.05. The van der Waals surface area contributed by atoms with E-state index in [-0.39, 0.29) is 0 Å². The highest BCUT2D eigenvalue weighted by Gasteiger charge is 1.91. The van der Waals surface area contributed by atoms with Gasteiger partial charge in [0, 0.05) is 12.1 Å². The van der Waals surface area contributed by atoms with Crippen molar-refractivity contribution in [3.8, 4) is 0 Å². The molecule has 0 aromatic heterocycles. The van der Waals surface area contributed by atoms with Crippen LogP contribution in [-0.4, -0.2) is 12.1 Å². The Morgan fingerprint density at radius 2 is 1.00 bits per heavy atom. The van der Waals surface area contributed by atoms with E-state index in [0.717, 1.165) is 0 Å². The molecule has 0 aromatic rings. The summed E-state index contributed by atoms with van der Waals surface area (Å²) < 4.78 is 0. The van der Waals surface area contributed by atoms with Gasteiger partial charge in [-0.05, 0) is 27.7 Å². The topological polar surface area (TPSA) is 24.1 Å². The molecule has 0 radical (unpaired) electrons. The monoisotopic (exact) mass is 116 g/mol. The Morgan fingerprint density at radius 1 is 0.750 bits per heavy atom. The Labute approximate surface area is 51.6 Å². The van der Waals surface area contributed by atoms with E-state index in [1.165, 1.54) is 0 Å². The lowest BCUT2D eigenvalue weighted by Gasteiger charge is -2.11. The van der Waals surface area contributed by atoms with Crippen LogP contribution in [0.3, 0.4) is 0 Å². The molecule has 0 aliphatic carbocycles. The summed E-state index contributed by atoms with van der Waals surface area (Å²) in [5.41, 5.74) is 6.19. The van der Waals surface area contributed by atoms with Gasteiger partial charge in [-0.1, -0.05) is 0 Å². The molecule has 0 aromatic carbocycles. The van der Waals surface area contributed by atoms with Crippen LogP contribution in [0.15, 0.2) is 0 Å². The van der Waals surface area contributed by atoms with Crippen molar-refractivity contribution in [1.82, 2.24) is 10.9 Å². The van der Waals surface area contributed by atoms with Crippen molar-refractivity contribution in [3.05, 3.63) is 0 Å². The first-order valence-electron chi connectivity index (χ1n) is 3.14. The molecule has 0 fully saturated rings. The number of rotatable bonds is 3. The van der Waals surface area contributed by atoms with Gasteiger partial charge in [-0.25, -0.2) is 0 Å². The Morgan fingerprint density at radius 3 is 1.12 bits per heavy atom. The van der Waals surface area contributed by atoms with Gasteiger partial charge >= 0.3 is 0 Å². The van der Waals surface area contributed by atoms with Crippen LogP contribution < -0.4 is 10.9 Å². The molecule has 0 aliphatic heterocycles. The van der Waals surface area contributed by atoms with Gasteiger partial charge in [0.15, 0.2) is 0 Å². The van der Waals surface area contributed by atoms with Gasteiger partial charge in [0.1, 0.15) is 0 Å². The molecule has 0 atom stereocenters. The minimum atomic E-state index is 0.525. The van der Waals surface area contributed by atoms with Gasteiger partial charge in [-0.15, -0.1) is 0 Å². The SMILES string of the molecule is CC(C)NNC(C)C. The largest absolute Gasteiger partial charge is 0.255 e.